The van der Waals surface area contributed by atoms with Gasteiger partial charge in [-0.3, -0.25) is 4.79 Å². The van der Waals surface area contributed by atoms with Gasteiger partial charge in [-0.25, -0.2) is 0 Å². The molecule has 0 bridgehead atoms. The van der Waals surface area contributed by atoms with E-state index in [-0.39, 0.29) is 11.6 Å². The molecule has 1 atom stereocenters. The molecule has 0 saturated carbocycles. The summed E-state index contributed by atoms with van der Waals surface area (Å²) in [5.74, 6) is 0.779. The fourth-order valence-corrected chi connectivity index (χ4v) is 4.91. The number of ketones is 2. The van der Waals surface area contributed by atoms with Crippen LogP contribution in [0.15, 0.2) is 119 Å². The monoisotopic (exact) mass is 568 g/mol. The first kappa shape index (κ1) is 36.8. The molecular formula is C40H56O2. The van der Waals surface area contributed by atoms with Gasteiger partial charge in [-0.2, -0.15) is 0 Å². The molecule has 2 heteroatoms. The zero-order chi connectivity index (χ0) is 31.8. The predicted molar refractivity (Wildman–Crippen MR) is 184 cm³/mol. The number of rotatable bonds is 15. The number of Topliss-reactive ketones (excluding diaryl/α,β-unsaturated/α-hetero) is 1. The first-order chi connectivity index (χ1) is 19.6. The number of hydrogen-bond acceptors (Lipinski definition) is 2. The lowest BCUT2D eigenvalue weighted by Crippen LogP contribution is -2.26. The number of carbonyl (C=O) groups is 2. The van der Waals surface area contributed by atoms with Gasteiger partial charge in [0.25, 0.3) is 0 Å². The standard InChI is InChI=1S/C40H56O2/c1-31(19-13-21-33(3)25-27-37-35(5)23-15-29-39(37,7)8)17-11-12-18-32(2)20-14-22-34(4)26-28-38(42)40(9,10)30-16-24-36(6)41/h11-14,17-23,25-28,37H,15-16,24,29-30H2,1-10H3/b12-11+,19-13+,20-14+,27-25+,28-26+,31-17+,32-18+,33-21+,34-22+. The fourth-order valence-electron chi connectivity index (χ4n) is 4.91. The van der Waals surface area contributed by atoms with Gasteiger partial charge >= 0.3 is 0 Å². The molecule has 1 unspecified atom stereocenters. The van der Waals surface area contributed by atoms with Gasteiger partial charge in [0.15, 0.2) is 5.78 Å². The van der Waals surface area contributed by atoms with Crippen molar-refractivity contribution in [1.82, 2.24) is 0 Å². The van der Waals surface area contributed by atoms with Gasteiger partial charge < -0.3 is 4.79 Å². The quantitative estimate of drug-likeness (QED) is 0.112. The van der Waals surface area contributed by atoms with Crippen molar-refractivity contribution < 1.29 is 9.59 Å². The Balaban J connectivity index is 2.60. The normalized spacial score (nSPS) is 19.7. The second kappa shape index (κ2) is 18.3. The smallest absolute Gasteiger partial charge is 0.161 e. The van der Waals surface area contributed by atoms with Gasteiger partial charge in [0.1, 0.15) is 5.78 Å². The van der Waals surface area contributed by atoms with Gasteiger partial charge in [0.05, 0.1) is 0 Å². The molecule has 0 aliphatic heterocycles. The van der Waals surface area contributed by atoms with E-state index in [1.165, 1.54) is 29.6 Å². The summed E-state index contributed by atoms with van der Waals surface area (Å²) in [6, 6.07) is 0. The third-order valence-corrected chi connectivity index (χ3v) is 7.90. The van der Waals surface area contributed by atoms with Crippen LogP contribution in [0, 0.1) is 16.7 Å². The van der Waals surface area contributed by atoms with Crippen molar-refractivity contribution >= 4 is 11.6 Å². The van der Waals surface area contributed by atoms with E-state index >= 15 is 0 Å². The summed E-state index contributed by atoms with van der Waals surface area (Å²) in [5, 5.41) is 0. The molecule has 0 aromatic carbocycles. The van der Waals surface area contributed by atoms with Crippen LogP contribution >= 0.6 is 0 Å². The largest absolute Gasteiger partial charge is 0.300 e. The number of hydrogen-bond donors (Lipinski definition) is 0. The van der Waals surface area contributed by atoms with Gasteiger partial charge in [0, 0.05) is 17.8 Å². The first-order valence-corrected chi connectivity index (χ1v) is 15.4. The summed E-state index contributed by atoms with van der Waals surface area (Å²) >= 11 is 0. The second-order valence-corrected chi connectivity index (χ2v) is 13.2. The highest BCUT2D eigenvalue weighted by molar-refractivity contribution is 5.94. The third kappa shape index (κ3) is 15.1. The van der Waals surface area contributed by atoms with E-state index in [4.69, 9.17) is 0 Å². The Hall–Kier alpha value is -3.26. The lowest BCUT2D eigenvalue weighted by Gasteiger charge is -2.36. The molecule has 0 aromatic rings. The predicted octanol–water partition coefficient (Wildman–Crippen LogP) is 11.3. The van der Waals surface area contributed by atoms with Crippen LogP contribution in [0.3, 0.4) is 0 Å². The molecule has 42 heavy (non-hydrogen) atoms. The van der Waals surface area contributed by atoms with Crippen molar-refractivity contribution in [1.29, 1.82) is 0 Å². The van der Waals surface area contributed by atoms with E-state index in [1.807, 2.05) is 45.1 Å². The molecule has 0 saturated heterocycles. The molecule has 228 valence electrons. The lowest BCUT2D eigenvalue weighted by molar-refractivity contribution is -0.123. The number of carbonyl (C=O) groups excluding carboxylic acids is 2. The Morgan fingerprint density at radius 3 is 1.81 bits per heavy atom. The minimum atomic E-state index is -0.452. The van der Waals surface area contributed by atoms with Crippen LogP contribution in [0.25, 0.3) is 0 Å². The van der Waals surface area contributed by atoms with Crippen molar-refractivity contribution in [2.75, 3.05) is 0 Å². The number of allylic oxidation sites excluding steroid dienone is 20. The van der Waals surface area contributed by atoms with Crippen molar-refractivity contribution in [3.05, 3.63) is 119 Å². The van der Waals surface area contributed by atoms with Crippen LogP contribution in [0.1, 0.15) is 101 Å². The lowest BCUT2D eigenvalue weighted by atomic mass is 9.68. The summed E-state index contributed by atoms with van der Waals surface area (Å²) in [5.41, 5.74) is 5.96. The van der Waals surface area contributed by atoms with Gasteiger partial charge in [-0.05, 0) is 78.7 Å². The molecular weight excluding hydrogens is 512 g/mol. The van der Waals surface area contributed by atoms with Crippen molar-refractivity contribution in [3.63, 3.8) is 0 Å². The Kier molecular flexibility index (Phi) is 16.0. The van der Waals surface area contributed by atoms with E-state index < -0.39 is 5.41 Å². The molecule has 1 aliphatic carbocycles. The Morgan fingerprint density at radius 2 is 1.29 bits per heavy atom. The average Bonchev–Trinajstić information content (AvgIpc) is 2.88. The topological polar surface area (TPSA) is 34.1 Å². The maximum absolute atomic E-state index is 12.6. The van der Waals surface area contributed by atoms with E-state index in [2.05, 4.69) is 102 Å². The van der Waals surface area contributed by atoms with E-state index in [9.17, 15) is 9.59 Å². The SMILES string of the molecule is CC(=O)CCCC(C)(C)C(=O)/C=C/C(C)=C/C=C/C(C)=C/C=C/C=C(C)/C=C/C=C(C)/C=C/C1C(C)=CCCC1(C)C. The van der Waals surface area contributed by atoms with Crippen LogP contribution in [-0.2, 0) is 9.59 Å². The summed E-state index contributed by atoms with van der Waals surface area (Å²) in [7, 11) is 0. The van der Waals surface area contributed by atoms with Gasteiger partial charge in [0.2, 0.25) is 0 Å². The first-order valence-electron chi connectivity index (χ1n) is 15.4. The highest BCUT2D eigenvalue weighted by Crippen LogP contribution is 2.41. The Bertz CT molecular complexity index is 1230. The average molecular weight is 569 g/mol. The minimum Gasteiger partial charge on any atom is -0.300 e. The van der Waals surface area contributed by atoms with Crippen LogP contribution < -0.4 is 0 Å². The maximum Gasteiger partial charge on any atom is 0.161 e. The molecule has 0 spiro atoms. The molecule has 1 aliphatic rings. The van der Waals surface area contributed by atoms with E-state index in [1.54, 1.807) is 13.0 Å². The zero-order valence-electron chi connectivity index (χ0n) is 28.1. The van der Waals surface area contributed by atoms with Crippen LogP contribution in [-0.4, -0.2) is 11.6 Å². The van der Waals surface area contributed by atoms with Crippen LogP contribution in [0.5, 0.6) is 0 Å². The molecule has 0 fully saturated rings. The van der Waals surface area contributed by atoms with E-state index in [0.29, 0.717) is 24.2 Å². The summed E-state index contributed by atoms with van der Waals surface area (Å²) in [6.07, 6.45) is 35.7. The molecule has 0 heterocycles. The summed E-state index contributed by atoms with van der Waals surface area (Å²) in [4.78, 5) is 23.7. The van der Waals surface area contributed by atoms with Crippen molar-refractivity contribution in [3.8, 4) is 0 Å². The van der Waals surface area contributed by atoms with Crippen LogP contribution in [0.2, 0.25) is 0 Å². The van der Waals surface area contributed by atoms with Crippen molar-refractivity contribution in [2.45, 2.75) is 101 Å². The highest BCUT2D eigenvalue weighted by atomic mass is 16.1. The second-order valence-electron chi connectivity index (χ2n) is 13.2. The van der Waals surface area contributed by atoms with Gasteiger partial charge in [-0.15, -0.1) is 0 Å². The van der Waals surface area contributed by atoms with Gasteiger partial charge in [-0.1, -0.05) is 141 Å². The van der Waals surface area contributed by atoms with Crippen molar-refractivity contribution in [2.24, 2.45) is 16.7 Å². The molecule has 0 radical (unpaired) electrons. The summed E-state index contributed by atoms with van der Waals surface area (Å²) < 4.78 is 0. The van der Waals surface area contributed by atoms with E-state index in [0.717, 1.165) is 17.6 Å². The molecule has 0 aromatic heterocycles. The Labute approximate surface area is 257 Å². The molecule has 0 amide bonds. The minimum absolute atomic E-state index is 0.0942. The summed E-state index contributed by atoms with van der Waals surface area (Å²) in [6.45, 7) is 20.8. The molecule has 0 N–H and O–H groups in total. The maximum atomic E-state index is 12.6. The zero-order valence-corrected chi connectivity index (χ0v) is 28.1. The Morgan fingerprint density at radius 1 is 0.786 bits per heavy atom. The fraction of sp³-hybridized carbons (Fsp3) is 0.450. The molecule has 1 rings (SSSR count). The molecule has 2 nitrogen and oxygen atoms in total. The third-order valence-electron chi connectivity index (χ3n) is 7.90. The van der Waals surface area contributed by atoms with Crippen LogP contribution in [0.4, 0.5) is 0 Å². The highest BCUT2D eigenvalue weighted by Gasteiger charge is 2.30.